The van der Waals surface area contributed by atoms with Gasteiger partial charge < -0.3 is 14.8 Å². The first-order valence-corrected chi connectivity index (χ1v) is 10.0. The molecule has 0 bridgehead atoms. The summed E-state index contributed by atoms with van der Waals surface area (Å²) in [7, 11) is 3.25. The number of methoxy groups -OCH3 is 2. The van der Waals surface area contributed by atoms with Gasteiger partial charge in [0.05, 0.1) is 37.6 Å². The van der Waals surface area contributed by atoms with Gasteiger partial charge in [-0.15, -0.1) is 0 Å². The summed E-state index contributed by atoms with van der Waals surface area (Å²) in [5.41, 5.74) is 4.87. The zero-order valence-electron chi connectivity index (χ0n) is 17.7. The highest BCUT2D eigenvalue weighted by Gasteiger charge is 2.44. The summed E-state index contributed by atoms with van der Waals surface area (Å²) in [4.78, 5) is 18.3. The third kappa shape index (κ3) is 3.61. The number of rotatable bonds is 3. The van der Waals surface area contributed by atoms with Crippen LogP contribution in [0.4, 0.5) is 11.4 Å². The third-order valence-corrected chi connectivity index (χ3v) is 5.85. The minimum Gasteiger partial charge on any atom is -0.493 e. The van der Waals surface area contributed by atoms with Crippen LogP contribution in [0.15, 0.2) is 41.4 Å². The predicted molar refractivity (Wildman–Crippen MR) is 116 cm³/mol. The molecule has 2 aromatic carbocycles. The van der Waals surface area contributed by atoms with Crippen LogP contribution < -0.4 is 14.8 Å². The Bertz CT molecular complexity index is 994. The van der Waals surface area contributed by atoms with Crippen LogP contribution in [0, 0.1) is 18.3 Å². The number of aliphatic imine (C=N–C) groups is 1. The van der Waals surface area contributed by atoms with Gasteiger partial charge in [-0.05, 0) is 54.2 Å². The molecule has 2 aliphatic rings. The van der Waals surface area contributed by atoms with Crippen molar-refractivity contribution in [3.8, 4) is 11.5 Å². The second-order valence-electron chi connectivity index (χ2n) is 8.82. The zero-order valence-corrected chi connectivity index (χ0v) is 17.7. The second kappa shape index (κ2) is 7.21. The molecular formula is C24H28N2O3. The second-order valence-corrected chi connectivity index (χ2v) is 8.82. The van der Waals surface area contributed by atoms with Crippen LogP contribution in [0.1, 0.15) is 43.9 Å². The van der Waals surface area contributed by atoms with Crippen LogP contribution in [-0.4, -0.2) is 25.7 Å². The van der Waals surface area contributed by atoms with E-state index in [1.54, 1.807) is 14.2 Å². The van der Waals surface area contributed by atoms with E-state index >= 15 is 0 Å². The van der Waals surface area contributed by atoms with Crippen LogP contribution in [0.25, 0.3) is 0 Å². The van der Waals surface area contributed by atoms with E-state index in [0.29, 0.717) is 17.9 Å². The van der Waals surface area contributed by atoms with E-state index in [9.17, 15) is 4.79 Å². The molecule has 0 radical (unpaired) electrons. The monoisotopic (exact) mass is 392 g/mol. The molecule has 0 aromatic heterocycles. The van der Waals surface area contributed by atoms with Gasteiger partial charge in [0.25, 0.3) is 0 Å². The third-order valence-electron chi connectivity index (χ3n) is 5.85. The van der Waals surface area contributed by atoms with Crippen molar-refractivity contribution in [2.45, 2.75) is 39.7 Å². The SMILES string of the molecule is COc1ccc([C@H]2Nc3cc(C)ccc3N=C3CC(C)(C)CC(=O)[C@@H]32)cc1OC. The molecule has 0 unspecified atom stereocenters. The molecule has 5 nitrogen and oxygen atoms in total. The zero-order chi connectivity index (χ0) is 20.8. The van der Waals surface area contributed by atoms with Gasteiger partial charge in [-0.1, -0.05) is 26.0 Å². The summed E-state index contributed by atoms with van der Waals surface area (Å²) in [6, 6.07) is 11.8. The first-order chi connectivity index (χ1) is 13.8. The van der Waals surface area contributed by atoms with Crippen LogP contribution in [-0.2, 0) is 4.79 Å². The van der Waals surface area contributed by atoms with Gasteiger partial charge in [0.2, 0.25) is 0 Å². The van der Waals surface area contributed by atoms with Crippen LogP contribution >= 0.6 is 0 Å². The normalized spacial score (nSPS) is 22.5. The van der Waals surface area contributed by atoms with Crippen molar-refractivity contribution in [3.05, 3.63) is 47.5 Å². The van der Waals surface area contributed by atoms with E-state index in [0.717, 1.165) is 34.6 Å². The summed E-state index contributed by atoms with van der Waals surface area (Å²) in [6.07, 6.45) is 1.36. The van der Waals surface area contributed by atoms with E-state index in [2.05, 4.69) is 38.2 Å². The van der Waals surface area contributed by atoms with Gasteiger partial charge in [0.1, 0.15) is 5.78 Å². The predicted octanol–water partition coefficient (Wildman–Crippen LogP) is 5.26. The van der Waals surface area contributed by atoms with Crippen molar-refractivity contribution in [2.24, 2.45) is 16.3 Å². The standard InChI is InChI=1S/C24H28N2O3/c1-14-6-8-16-17(10-14)26-23(15-7-9-20(28-4)21(11-15)29-5)22-18(25-16)12-24(2,3)13-19(22)27/h6-11,22-23,26H,12-13H2,1-5H3/t22-,23-/m1/s1. The molecule has 0 saturated heterocycles. The van der Waals surface area contributed by atoms with Gasteiger partial charge in [0.15, 0.2) is 11.5 Å². The molecule has 2 atom stereocenters. The lowest BCUT2D eigenvalue weighted by molar-refractivity contribution is -0.124. The van der Waals surface area contributed by atoms with E-state index in [4.69, 9.17) is 14.5 Å². The van der Waals surface area contributed by atoms with Crippen LogP contribution in [0.2, 0.25) is 0 Å². The molecule has 4 rings (SSSR count). The first kappa shape index (κ1) is 19.5. The van der Waals surface area contributed by atoms with E-state index < -0.39 is 0 Å². The molecule has 5 heteroatoms. The molecule has 1 saturated carbocycles. The number of hydrogen-bond donors (Lipinski definition) is 1. The number of fused-ring (bicyclic) bond motifs is 2. The highest BCUT2D eigenvalue weighted by molar-refractivity contribution is 6.10. The van der Waals surface area contributed by atoms with E-state index in [-0.39, 0.29) is 23.2 Å². The number of anilines is 1. The maximum Gasteiger partial charge on any atom is 0.161 e. The molecule has 29 heavy (non-hydrogen) atoms. The molecule has 152 valence electrons. The first-order valence-electron chi connectivity index (χ1n) is 10.0. The van der Waals surface area contributed by atoms with Crippen LogP contribution in [0.3, 0.4) is 0 Å². The number of Topliss-reactive ketones (excluding diaryl/α,β-unsaturated/α-hetero) is 1. The highest BCUT2D eigenvalue weighted by Crippen LogP contribution is 2.46. The largest absolute Gasteiger partial charge is 0.493 e. The van der Waals surface area contributed by atoms with Crippen molar-refractivity contribution in [1.82, 2.24) is 0 Å². The number of benzene rings is 2. The van der Waals surface area contributed by atoms with E-state index in [1.165, 1.54) is 0 Å². The van der Waals surface area contributed by atoms with Crippen LogP contribution in [0.5, 0.6) is 11.5 Å². The molecule has 2 aromatic rings. The Morgan fingerprint density at radius 1 is 1.03 bits per heavy atom. The van der Waals surface area contributed by atoms with Gasteiger partial charge in [-0.2, -0.15) is 0 Å². The van der Waals surface area contributed by atoms with Gasteiger partial charge in [-0.25, -0.2) is 0 Å². The maximum absolute atomic E-state index is 13.3. The summed E-state index contributed by atoms with van der Waals surface area (Å²) < 4.78 is 10.9. The fourth-order valence-corrected chi connectivity index (χ4v) is 4.51. The summed E-state index contributed by atoms with van der Waals surface area (Å²) in [6.45, 7) is 6.35. The number of nitrogens with one attached hydrogen (secondary N) is 1. The Morgan fingerprint density at radius 3 is 2.52 bits per heavy atom. The Hall–Kier alpha value is -2.82. The number of ether oxygens (including phenoxy) is 2. The van der Waals surface area contributed by atoms with Crippen molar-refractivity contribution in [3.63, 3.8) is 0 Å². The topological polar surface area (TPSA) is 59.9 Å². The number of aryl methyl sites for hydroxylation is 1. The fraction of sp³-hybridized carbons (Fsp3) is 0.417. The molecule has 1 aliphatic heterocycles. The Balaban J connectivity index is 1.87. The van der Waals surface area contributed by atoms with E-state index in [1.807, 2.05) is 24.3 Å². The molecule has 0 spiro atoms. The van der Waals surface area contributed by atoms with Crippen molar-refractivity contribution < 1.29 is 14.3 Å². The van der Waals surface area contributed by atoms with Gasteiger partial charge >= 0.3 is 0 Å². The number of hydrogen-bond acceptors (Lipinski definition) is 5. The van der Waals surface area contributed by atoms with Crippen molar-refractivity contribution in [2.75, 3.05) is 19.5 Å². The average Bonchev–Trinajstić information content (AvgIpc) is 2.82. The molecule has 1 heterocycles. The quantitative estimate of drug-likeness (QED) is 0.774. The summed E-state index contributed by atoms with van der Waals surface area (Å²) >= 11 is 0. The molecule has 1 fully saturated rings. The van der Waals surface area contributed by atoms with Gasteiger partial charge in [-0.3, -0.25) is 9.79 Å². The summed E-state index contributed by atoms with van der Waals surface area (Å²) in [5, 5.41) is 3.63. The lowest BCUT2D eigenvalue weighted by Gasteiger charge is -2.37. The average molecular weight is 392 g/mol. The minimum absolute atomic E-state index is 0.0796. The summed E-state index contributed by atoms with van der Waals surface area (Å²) in [5.74, 6) is 1.26. The maximum atomic E-state index is 13.3. The molecule has 0 amide bonds. The lowest BCUT2D eigenvalue weighted by Crippen LogP contribution is -2.42. The Morgan fingerprint density at radius 2 is 1.79 bits per heavy atom. The fourth-order valence-electron chi connectivity index (χ4n) is 4.51. The molecule has 1 N–H and O–H groups in total. The Kier molecular flexibility index (Phi) is 4.85. The number of nitrogens with zero attached hydrogens (tertiary/aromatic N) is 1. The number of carbonyl (C=O) groups excluding carboxylic acids is 1. The van der Waals surface area contributed by atoms with Crippen molar-refractivity contribution >= 4 is 22.9 Å². The van der Waals surface area contributed by atoms with Gasteiger partial charge in [0, 0.05) is 12.1 Å². The molecule has 1 aliphatic carbocycles. The smallest absolute Gasteiger partial charge is 0.161 e. The van der Waals surface area contributed by atoms with Crippen molar-refractivity contribution in [1.29, 1.82) is 0 Å². The number of carbonyl (C=O) groups is 1. The highest BCUT2D eigenvalue weighted by atomic mass is 16.5. The Labute approximate surface area is 172 Å². The molecular weight excluding hydrogens is 364 g/mol. The number of ketones is 1. The lowest BCUT2D eigenvalue weighted by atomic mass is 9.68. The minimum atomic E-state index is -0.297.